The highest BCUT2D eigenvalue weighted by Crippen LogP contribution is 2.34. The van der Waals surface area contributed by atoms with Gasteiger partial charge in [-0.1, -0.05) is 23.9 Å². The number of benzene rings is 2. The number of hydrogen-bond acceptors (Lipinski definition) is 3. The quantitative estimate of drug-likeness (QED) is 0.825. The van der Waals surface area contributed by atoms with Crippen molar-refractivity contribution in [2.24, 2.45) is 11.8 Å². The molecule has 0 spiro atoms. The van der Waals surface area contributed by atoms with E-state index in [1.165, 1.54) is 23.9 Å². The van der Waals surface area contributed by atoms with E-state index in [2.05, 4.69) is 5.32 Å². The van der Waals surface area contributed by atoms with Crippen LogP contribution in [0.3, 0.4) is 0 Å². The molecule has 0 aromatic heterocycles. The van der Waals surface area contributed by atoms with Crippen LogP contribution in [0, 0.1) is 17.7 Å². The second-order valence-electron chi connectivity index (χ2n) is 6.05. The first kappa shape index (κ1) is 17.5. The Morgan fingerprint density at radius 3 is 2.08 bits per heavy atom. The minimum atomic E-state index is -0.895. The summed E-state index contributed by atoms with van der Waals surface area (Å²) in [6.45, 7) is 0.378. The van der Waals surface area contributed by atoms with E-state index >= 15 is 0 Å². The Hall–Kier alpha value is -2.34. The van der Waals surface area contributed by atoms with Gasteiger partial charge in [-0.25, -0.2) is 4.39 Å². The zero-order valence-electron chi connectivity index (χ0n) is 13.4. The summed E-state index contributed by atoms with van der Waals surface area (Å²) in [7, 11) is 0. The van der Waals surface area contributed by atoms with Crippen molar-refractivity contribution in [3.8, 4) is 0 Å². The smallest absolute Gasteiger partial charge is 0.307 e. The molecule has 1 amide bonds. The van der Waals surface area contributed by atoms with Crippen molar-refractivity contribution in [2.75, 3.05) is 0 Å². The molecule has 0 aliphatic heterocycles. The minimum Gasteiger partial charge on any atom is -0.481 e. The van der Waals surface area contributed by atoms with Crippen LogP contribution in [-0.2, 0) is 16.1 Å². The predicted octanol–water partition coefficient (Wildman–Crippen LogP) is 3.70. The summed E-state index contributed by atoms with van der Waals surface area (Å²) < 4.78 is 12.9. The predicted molar refractivity (Wildman–Crippen MR) is 92.7 cm³/mol. The number of carboxylic acid groups (broad SMARTS) is 1. The van der Waals surface area contributed by atoms with Gasteiger partial charge in [-0.15, -0.1) is 0 Å². The third kappa shape index (κ3) is 4.39. The number of aliphatic carboxylic acids is 1. The van der Waals surface area contributed by atoms with Crippen LogP contribution in [-0.4, -0.2) is 17.0 Å². The van der Waals surface area contributed by atoms with E-state index < -0.39 is 17.8 Å². The van der Waals surface area contributed by atoms with Gasteiger partial charge in [-0.2, -0.15) is 0 Å². The summed E-state index contributed by atoms with van der Waals surface area (Å²) in [5.74, 6) is -2.30. The summed E-state index contributed by atoms with van der Waals surface area (Å²) in [6, 6.07) is 14.0. The average molecular weight is 359 g/mol. The Kier molecular flexibility index (Phi) is 5.38. The first-order valence-corrected chi connectivity index (χ1v) is 8.87. The van der Waals surface area contributed by atoms with E-state index in [0.717, 1.165) is 15.4 Å². The Bertz CT molecular complexity index is 761. The lowest BCUT2D eigenvalue weighted by molar-refractivity contribution is -0.152. The molecule has 1 aliphatic rings. The number of carboxylic acids is 1. The van der Waals surface area contributed by atoms with Crippen LogP contribution < -0.4 is 5.32 Å². The summed E-state index contributed by atoms with van der Waals surface area (Å²) in [5, 5.41) is 11.8. The van der Waals surface area contributed by atoms with Gasteiger partial charge in [0.25, 0.3) is 0 Å². The fraction of sp³-hybridized carbons (Fsp3) is 0.263. The topological polar surface area (TPSA) is 66.4 Å². The highest BCUT2D eigenvalue weighted by molar-refractivity contribution is 7.99. The number of nitrogens with one attached hydrogen (secondary N) is 1. The van der Waals surface area contributed by atoms with Crippen molar-refractivity contribution in [1.82, 2.24) is 5.32 Å². The SMILES string of the molecule is O=C(O)C1CCC1C(=O)NCc1ccc(Sc2ccc(F)cc2)cc1. The van der Waals surface area contributed by atoms with Crippen molar-refractivity contribution in [2.45, 2.75) is 29.2 Å². The number of hydrogen-bond donors (Lipinski definition) is 2. The van der Waals surface area contributed by atoms with E-state index in [4.69, 9.17) is 5.11 Å². The minimum absolute atomic E-state index is 0.191. The molecule has 0 heterocycles. The molecule has 3 rings (SSSR count). The Labute approximate surface area is 149 Å². The zero-order chi connectivity index (χ0) is 17.8. The molecule has 2 unspecified atom stereocenters. The maximum Gasteiger partial charge on any atom is 0.307 e. The van der Waals surface area contributed by atoms with Gasteiger partial charge in [0.15, 0.2) is 0 Å². The summed E-state index contributed by atoms with van der Waals surface area (Å²) in [4.78, 5) is 25.0. The molecule has 4 nitrogen and oxygen atoms in total. The van der Waals surface area contributed by atoms with Crippen LogP contribution in [0.1, 0.15) is 18.4 Å². The van der Waals surface area contributed by atoms with Crippen molar-refractivity contribution in [3.63, 3.8) is 0 Å². The lowest BCUT2D eigenvalue weighted by atomic mass is 9.73. The van der Waals surface area contributed by atoms with Gasteiger partial charge in [0, 0.05) is 16.3 Å². The van der Waals surface area contributed by atoms with Crippen LogP contribution in [0.2, 0.25) is 0 Å². The number of carbonyl (C=O) groups excluding carboxylic acids is 1. The van der Waals surface area contributed by atoms with E-state index in [-0.39, 0.29) is 11.7 Å². The number of rotatable bonds is 6. The molecule has 130 valence electrons. The molecule has 2 N–H and O–H groups in total. The standard InChI is InChI=1S/C19H18FNO3S/c20-13-3-7-15(8-4-13)25-14-5-1-12(2-6-14)11-21-18(22)16-9-10-17(16)19(23)24/h1-8,16-17H,9-11H2,(H,21,22)(H,23,24). The van der Waals surface area contributed by atoms with Crippen LogP contribution >= 0.6 is 11.8 Å². The van der Waals surface area contributed by atoms with Gasteiger partial charge < -0.3 is 10.4 Å². The molecular weight excluding hydrogens is 341 g/mol. The highest BCUT2D eigenvalue weighted by atomic mass is 32.2. The first-order valence-electron chi connectivity index (χ1n) is 8.06. The van der Waals surface area contributed by atoms with Crippen molar-refractivity contribution in [3.05, 3.63) is 59.9 Å². The van der Waals surface area contributed by atoms with Crippen LogP contribution in [0.4, 0.5) is 4.39 Å². The summed E-state index contributed by atoms with van der Waals surface area (Å²) in [5.41, 5.74) is 0.947. The van der Waals surface area contributed by atoms with Crippen LogP contribution in [0.25, 0.3) is 0 Å². The molecule has 2 aromatic carbocycles. The van der Waals surface area contributed by atoms with Crippen LogP contribution in [0.5, 0.6) is 0 Å². The molecule has 6 heteroatoms. The van der Waals surface area contributed by atoms with E-state index in [0.29, 0.717) is 19.4 Å². The fourth-order valence-electron chi connectivity index (χ4n) is 2.74. The second-order valence-corrected chi connectivity index (χ2v) is 7.19. The molecular formula is C19H18FNO3S. The molecule has 0 bridgehead atoms. The molecule has 25 heavy (non-hydrogen) atoms. The third-order valence-corrected chi connectivity index (χ3v) is 5.38. The second kappa shape index (κ2) is 7.70. The zero-order valence-corrected chi connectivity index (χ0v) is 14.3. The fourth-order valence-corrected chi connectivity index (χ4v) is 3.56. The monoisotopic (exact) mass is 359 g/mol. The molecule has 1 saturated carbocycles. The largest absolute Gasteiger partial charge is 0.481 e. The van der Waals surface area contributed by atoms with Gasteiger partial charge in [-0.3, -0.25) is 9.59 Å². The molecule has 1 aliphatic carbocycles. The van der Waals surface area contributed by atoms with Crippen molar-refractivity contribution in [1.29, 1.82) is 0 Å². The van der Waals surface area contributed by atoms with Gasteiger partial charge >= 0.3 is 5.97 Å². The number of carbonyl (C=O) groups is 2. The van der Waals surface area contributed by atoms with Crippen molar-refractivity contribution >= 4 is 23.6 Å². The highest BCUT2D eigenvalue weighted by Gasteiger charge is 2.41. The van der Waals surface area contributed by atoms with Gasteiger partial charge in [0.05, 0.1) is 11.8 Å². The lowest BCUT2D eigenvalue weighted by Crippen LogP contribution is -2.43. The van der Waals surface area contributed by atoms with E-state index in [1.54, 1.807) is 12.1 Å². The van der Waals surface area contributed by atoms with Crippen molar-refractivity contribution < 1.29 is 19.1 Å². The van der Waals surface area contributed by atoms with Gasteiger partial charge in [0.2, 0.25) is 5.91 Å². The summed E-state index contributed by atoms with van der Waals surface area (Å²) >= 11 is 1.53. The Morgan fingerprint density at radius 2 is 1.56 bits per heavy atom. The maximum absolute atomic E-state index is 12.9. The van der Waals surface area contributed by atoms with Gasteiger partial charge in [0.1, 0.15) is 5.82 Å². The van der Waals surface area contributed by atoms with Gasteiger partial charge in [-0.05, 0) is 54.8 Å². The molecule has 0 radical (unpaired) electrons. The van der Waals surface area contributed by atoms with Crippen LogP contribution in [0.15, 0.2) is 58.3 Å². The Morgan fingerprint density at radius 1 is 1.00 bits per heavy atom. The molecule has 2 aromatic rings. The van der Waals surface area contributed by atoms with E-state index in [1.807, 2.05) is 24.3 Å². The lowest BCUT2D eigenvalue weighted by Gasteiger charge is -2.31. The normalized spacial score (nSPS) is 19.1. The molecule has 2 atom stereocenters. The Balaban J connectivity index is 1.51. The third-order valence-electron chi connectivity index (χ3n) is 4.37. The maximum atomic E-state index is 12.9. The summed E-state index contributed by atoms with van der Waals surface area (Å²) in [6.07, 6.45) is 1.21. The molecule has 0 saturated heterocycles. The number of halogens is 1. The molecule has 1 fully saturated rings. The number of amides is 1. The van der Waals surface area contributed by atoms with E-state index in [9.17, 15) is 14.0 Å². The average Bonchev–Trinajstić information content (AvgIpc) is 2.55. The first-order chi connectivity index (χ1) is 12.0.